The maximum absolute atomic E-state index is 11.5. The Bertz CT molecular complexity index is 511. The fourth-order valence-corrected chi connectivity index (χ4v) is 1.96. The summed E-state index contributed by atoms with van der Waals surface area (Å²) in [6, 6.07) is 5.74. The van der Waals surface area contributed by atoms with Crippen molar-refractivity contribution in [2.45, 2.75) is 32.8 Å². The van der Waals surface area contributed by atoms with Gasteiger partial charge in [-0.25, -0.2) is 4.79 Å². The van der Waals surface area contributed by atoms with Crippen LogP contribution in [0.5, 0.6) is 11.5 Å². The Kier molecular flexibility index (Phi) is 5.35. The third kappa shape index (κ3) is 5.35. The SMILES string of the molecule is CC(C)(C)OC(=O)NCCNc1ccc2c(c1)OCCCO2. The van der Waals surface area contributed by atoms with Crippen LogP contribution in [-0.4, -0.2) is 38.0 Å². The first kappa shape index (κ1) is 16.3. The number of alkyl carbamates (subject to hydrolysis) is 1. The molecule has 1 heterocycles. The minimum absolute atomic E-state index is 0.409. The summed E-state index contributed by atoms with van der Waals surface area (Å²) >= 11 is 0. The Labute approximate surface area is 131 Å². The molecule has 122 valence electrons. The van der Waals surface area contributed by atoms with Crippen molar-refractivity contribution in [3.63, 3.8) is 0 Å². The van der Waals surface area contributed by atoms with E-state index >= 15 is 0 Å². The number of benzene rings is 1. The van der Waals surface area contributed by atoms with Crippen LogP contribution in [0.2, 0.25) is 0 Å². The van der Waals surface area contributed by atoms with E-state index in [0.29, 0.717) is 26.3 Å². The molecule has 6 heteroatoms. The molecule has 0 fully saturated rings. The van der Waals surface area contributed by atoms with Gasteiger partial charge in [-0.05, 0) is 32.9 Å². The smallest absolute Gasteiger partial charge is 0.407 e. The number of hydrogen-bond donors (Lipinski definition) is 2. The first-order valence-electron chi connectivity index (χ1n) is 7.54. The fourth-order valence-electron chi connectivity index (χ4n) is 1.96. The van der Waals surface area contributed by atoms with E-state index in [0.717, 1.165) is 23.6 Å². The van der Waals surface area contributed by atoms with Gasteiger partial charge in [0.15, 0.2) is 11.5 Å². The Morgan fingerprint density at radius 2 is 1.91 bits per heavy atom. The Morgan fingerprint density at radius 3 is 2.64 bits per heavy atom. The number of nitrogens with one attached hydrogen (secondary N) is 2. The van der Waals surface area contributed by atoms with Gasteiger partial charge in [0, 0.05) is 31.3 Å². The van der Waals surface area contributed by atoms with Gasteiger partial charge in [-0.15, -0.1) is 0 Å². The second kappa shape index (κ2) is 7.24. The molecule has 1 amide bonds. The highest BCUT2D eigenvalue weighted by molar-refractivity contribution is 5.67. The molecule has 2 rings (SSSR count). The average Bonchev–Trinajstić information content (AvgIpc) is 2.66. The summed E-state index contributed by atoms with van der Waals surface area (Å²) in [4.78, 5) is 11.5. The molecule has 0 atom stereocenters. The van der Waals surface area contributed by atoms with E-state index in [1.807, 2.05) is 39.0 Å². The van der Waals surface area contributed by atoms with Crippen molar-refractivity contribution in [3.05, 3.63) is 18.2 Å². The topological polar surface area (TPSA) is 68.8 Å². The zero-order valence-electron chi connectivity index (χ0n) is 13.4. The molecule has 1 aromatic rings. The fraction of sp³-hybridized carbons (Fsp3) is 0.562. The van der Waals surface area contributed by atoms with Gasteiger partial charge in [-0.3, -0.25) is 0 Å². The largest absolute Gasteiger partial charge is 0.490 e. The van der Waals surface area contributed by atoms with Crippen molar-refractivity contribution in [1.29, 1.82) is 0 Å². The maximum Gasteiger partial charge on any atom is 0.407 e. The average molecular weight is 308 g/mol. The first-order chi connectivity index (χ1) is 10.4. The van der Waals surface area contributed by atoms with Gasteiger partial charge in [0.1, 0.15) is 5.60 Å². The van der Waals surface area contributed by atoms with Crippen LogP contribution >= 0.6 is 0 Å². The van der Waals surface area contributed by atoms with Gasteiger partial charge in [0.05, 0.1) is 13.2 Å². The second-order valence-electron chi connectivity index (χ2n) is 6.07. The Balaban J connectivity index is 1.75. The zero-order valence-corrected chi connectivity index (χ0v) is 13.4. The van der Waals surface area contributed by atoms with Crippen molar-refractivity contribution < 1.29 is 19.0 Å². The first-order valence-corrected chi connectivity index (χ1v) is 7.54. The Hall–Kier alpha value is -2.11. The molecule has 0 unspecified atom stereocenters. The van der Waals surface area contributed by atoms with E-state index in [-0.39, 0.29) is 0 Å². The predicted octanol–water partition coefficient (Wildman–Crippen LogP) is 2.78. The monoisotopic (exact) mass is 308 g/mol. The number of anilines is 1. The molecule has 0 aliphatic carbocycles. The van der Waals surface area contributed by atoms with Crippen LogP contribution in [0.1, 0.15) is 27.2 Å². The molecule has 0 aromatic heterocycles. The van der Waals surface area contributed by atoms with E-state index in [1.165, 1.54) is 0 Å². The van der Waals surface area contributed by atoms with E-state index < -0.39 is 11.7 Å². The molecule has 0 saturated carbocycles. The summed E-state index contributed by atoms with van der Waals surface area (Å²) < 4.78 is 16.4. The predicted molar refractivity (Wildman–Crippen MR) is 84.8 cm³/mol. The highest BCUT2D eigenvalue weighted by Crippen LogP contribution is 2.32. The summed E-state index contributed by atoms with van der Waals surface area (Å²) in [5, 5.41) is 5.93. The molecule has 6 nitrogen and oxygen atoms in total. The maximum atomic E-state index is 11.5. The van der Waals surface area contributed by atoms with Crippen molar-refractivity contribution in [2.75, 3.05) is 31.6 Å². The van der Waals surface area contributed by atoms with Crippen LogP contribution in [-0.2, 0) is 4.74 Å². The summed E-state index contributed by atoms with van der Waals surface area (Å²) in [6.07, 6.45) is 0.477. The molecule has 2 N–H and O–H groups in total. The van der Waals surface area contributed by atoms with Crippen LogP contribution in [0.4, 0.5) is 10.5 Å². The second-order valence-corrected chi connectivity index (χ2v) is 6.07. The molecule has 1 aliphatic heterocycles. The van der Waals surface area contributed by atoms with Crippen LogP contribution in [0, 0.1) is 0 Å². The minimum atomic E-state index is -0.480. The van der Waals surface area contributed by atoms with Crippen LogP contribution in [0.15, 0.2) is 18.2 Å². The Morgan fingerprint density at radius 1 is 1.18 bits per heavy atom. The summed E-state index contributed by atoms with van der Waals surface area (Å²) in [6.45, 7) is 7.92. The summed E-state index contributed by atoms with van der Waals surface area (Å²) in [7, 11) is 0. The van der Waals surface area contributed by atoms with E-state index in [9.17, 15) is 4.79 Å². The molecule has 0 radical (unpaired) electrons. The molecular formula is C16H24N2O4. The highest BCUT2D eigenvalue weighted by atomic mass is 16.6. The van der Waals surface area contributed by atoms with Crippen molar-refractivity contribution in [2.24, 2.45) is 0 Å². The van der Waals surface area contributed by atoms with Gasteiger partial charge in [-0.1, -0.05) is 0 Å². The van der Waals surface area contributed by atoms with E-state index in [1.54, 1.807) is 0 Å². The number of amides is 1. The quantitative estimate of drug-likeness (QED) is 0.837. The van der Waals surface area contributed by atoms with Crippen LogP contribution in [0.25, 0.3) is 0 Å². The third-order valence-electron chi connectivity index (χ3n) is 2.87. The minimum Gasteiger partial charge on any atom is -0.490 e. The lowest BCUT2D eigenvalue weighted by molar-refractivity contribution is 0.0530. The number of ether oxygens (including phenoxy) is 3. The standard InChI is InChI=1S/C16H24N2O4/c1-16(2,3)22-15(19)18-8-7-17-12-5-6-13-14(11-12)21-10-4-9-20-13/h5-6,11,17H,4,7-10H2,1-3H3,(H,18,19). The lowest BCUT2D eigenvalue weighted by atomic mass is 10.2. The summed E-state index contributed by atoms with van der Waals surface area (Å²) in [5.41, 5.74) is 0.446. The van der Waals surface area contributed by atoms with Crippen molar-refractivity contribution in [1.82, 2.24) is 5.32 Å². The van der Waals surface area contributed by atoms with Crippen LogP contribution < -0.4 is 20.1 Å². The van der Waals surface area contributed by atoms with Crippen molar-refractivity contribution in [3.8, 4) is 11.5 Å². The van der Waals surface area contributed by atoms with Crippen LogP contribution in [0.3, 0.4) is 0 Å². The van der Waals surface area contributed by atoms with Gasteiger partial charge in [-0.2, -0.15) is 0 Å². The number of fused-ring (bicyclic) bond motifs is 1. The molecule has 0 saturated heterocycles. The normalized spacial score (nSPS) is 14.0. The number of carbonyl (C=O) groups excluding carboxylic acids is 1. The lowest BCUT2D eigenvalue weighted by Crippen LogP contribution is -2.34. The molecule has 1 aromatic carbocycles. The van der Waals surface area contributed by atoms with Gasteiger partial charge in [0.2, 0.25) is 0 Å². The molecular weight excluding hydrogens is 284 g/mol. The summed E-state index contributed by atoms with van der Waals surface area (Å²) in [5.74, 6) is 1.53. The van der Waals surface area contributed by atoms with Crippen molar-refractivity contribution >= 4 is 11.8 Å². The van der Waals surface area contributed by atoms with Gasteiger partial charge >= 0.3 is 6.09 Å². The van der Waals surface area contributed by atoms with Gasteiger partial charge < -0.3 is 24.8 Å². The number of carbonyl (C=O) groups is 1. The molecule has 0 bridgehead atoms. The van der Waals surface area contributed by atoms with E-state index in [4.69, 9.17) is 14.2 Å². The molecule has 0 spiro atoms. The lowest BCUT2D eigenvalue weighted by Gasteiger charge is -2.19. The highest BCUT2D eigenvalue weighted by Gasteiger charge is 2.15. The molecule has 22 heavy (non-hydrogen) atoms. The molecule has 1 aliphatic rings. The van der Waals surface area contributed by atoms with E-state index in [2.05, 4.69) is 10.6 Å². The number of hydrogen-bond acceptors (Lipinski definition) is 5. The zero-order chi connectivity index (χ0) is 16.0. The third-order valence-corrected chi connectivity index (χ3v) is 2.87. The van der Waals surface area contributed by atoms with Gasteiger partial charge in [0.25, 0.3) is 0 Å². The number of rotatable bonds is 4.